The minimum atomic E-state index is -0.615. The quantitative estimate of drug-likeness (QED) is 0.177. The van der Waals surface area contributed by atoms with Crippen LogP contribution in [0.3, 0.4) is 0 Å². The van der Waals surface area contributed by atoms with Crippen molar-refractivity contribution in [3.05, 3.63) is 191 Å². The molecule has 62 heavy (non-hydrogen) atoms. The van der Waals surface area contributed by atoms with E-state index in [-0.39, 0.29) is 21.9 Å². The van der Waals surface area contributed by atoms with Crippen LogP contribution in [0.5, 0.6) is 0 Å². The van der Waals surface area contributed by atoms with Gasteiger partial charge in [0.25, 0.3) is 0 Å². The van der Waals surface area contributed by atoms with Gasteiger partial charge in [-0.25, -0.2) is 0 Å². The van der Waals surface area contributed by atoms with Gasteiger partial charge in [-0.3, -0.25) is 0 Å². The van der Waals surface area contributed by atoms with Crippen molar-refractivity contribution in [3.63, 3.8) is 0 Å². The van der Waals surface area contributed by atoms with E-state index in [9.17, 15) is 0 Å². The molecule has 2 aliphatic heterocycles. The molecule has 4 atom stereocenters. The molecule has 4 unspecified atom stereocenters. The number of furan rings is 1. The van der Waals surface area contributed by atoms with E-state index in [1.54, 1.807) is 0 Å². The smallest absolute Gasteiger partial charge is 0.159 e. The zero-order chi connectivity index (χ0) is 41.6. The topological polar surface area (TPSA) is 19.6 Å². The van der Waals surface area contributed by atoms with Crippen LogP contribution in [0.4, 0.5) is 22.7 Å². The Kier molecular flexibility index (Phi) is 7.39. The molecule has 2 saturated carbocycles. The zero-order valence-electron chi connectivity index (χ0n) is 36.5. The second-order valence-electron chi connectivity index (χ2n) is 20.2. The van der Waals surface area contributed by atoms with Crippen LogP contribution in [-0.4, -0.2) is 11.1 Å². The van der Waals surface area contributed by atoms with Crippen molar-refractivity contribution in [2.45, 2.75) is 106 Å². The Balaban J connectivity index is 1.17. The summed E-state index contributed by atoms with van der Waals surface area (Å²) in [5.41, 5.74) is 17.1. The van der Waals surface area contributed by atoms with Gasteiger partial charge in [-0.2, -0.15) is 0 Å². The molecule has 7 aromatic carbocycles. The number of hydrogen-bond donors (Lipinski definition) is 0. The van der Waals surface area contributed by atoms with Crippen molar-refractivity contribution in [1.82, 2.24) is 0 Å². The maximum absolute atomic E-state index is 7.27. The van der Waals surface area contributed by atoms with Crippen LogP contribution in [0.1, 0.15) is 112 Å². The highest BCUT2D eigenvalue weighted by atomic mass is 16.3. The number of nitrogens with zero attached hydrogens (tertiary/aromatic N) is 2. The molecule has 3 heteroatoms. The van der Waals surface area contributed by atoms with Crippen molar-refractivity contribution in [3.8, 4) is 11.1 Å². The van der Waals surface area contributed by atoms with Crippen molar-refractivity contribution >= 4 is 44.7 Å². The summed E-state index contributed by atoms with van der Waals surface area (Å²) < 4.78 is 7.27. The van der Waals surface area contributed by atoms with Gasteiger partial charge in [-0.05, 0) is 120 Å². The van der Waals surface area contributed by atoms with Crippen molar-refractivity contribution in [2.24, 2.45) is 0 Å². The number of fused-ring (bicyclic) bond motifs is 13. The molecule has 1 aromatic heterocycles. The van der Waals surface area contributed by atoms with Crippen LogP contribution < -0.4 is 9.80 Å². The van der Waals surface area contributed by atoms with E-state index in [4.69, 9.17) is 4.42 Å². The van der Waals surface area contributed by atoms with E-state index in [0.717, 1.165) is 24.0 Å². The molecule has 3 aliphatic carbocycles. The molecule has 3 nitrogen and oxygen atoms in total. The Hall–Kier alpha value is -6.06. The maximum Gasteiger partial charge on any atom is 0.159 e. The highest BCUT2D eigenvalue weighted by Crippen LogP contribution is 2.67. The van der Waals surface area contributed by atoms with Gasteiger partial charge < -0.3 is 14.2 Å². The second-order valence-corrected chi connectivity index (χ2v) is 20.2. The van der Waals surface area contributed by atoms with Gasteiger partial charge in [0.1, 0.15) is 5.58 Å². The predicted molar refractivity (Wildman–Crippen MR) is 257 cm³/mol. The Morgan fingerprint density at radius 2 is 0.984 bits per heavy atom. The van der Waals surface area contributed by atoms with Crippen LogP contribution in [0, 0.1) is 0 Å². The first-order valence-corrected chi connectivity index (χ1v) is 23.3. The third kappa shape index (κ3) is 4.28. The number of benzene rings is 7. The predicted octanol–water partition coefficient (Wildman–Crippen LogP) is 15.4. The fourth-order valence-electron chi connectivity index (χ4n) is 14.3. The number of para-hydroxylation sites is 3. The summed E-state index contributed by atoms with van der Waals surface area (Å²) in [5, 5.41) is 2.40. The van der Waals surface area contributed by atoms with Gasteiger partial charge in [0.15, 0.2) is 5.58 Å². The lowest BCUT2D eigenvalue weighted by Crippen LogP contribution is -2.54. The molecule has 0 radical (unpaired) electrons. The van der Waals surface area contributed by atoms with E-state index in [0.29, 0.717) is 0 Å². The molecule has 0 bridgehead atoms. The standard InChI is InChI=1S/C59H54N2O/c1-55-33-17-19-35-57(55,3)60(48-28-14-12-26-44(48)55)41-31-32-42-46(37-41)59(39-21-7-5-8-22-39,40-23-9-6-10-24-40)47-38-50(54-53(52(42)47)43-25-11-16-30-51(43)62-54)61-49-29-15-13-27-45(49)56(2)34-18-20-36-58(56,61)4/h5-16,21-32,37-38H,17-20,33-36H2,1-4H3. The van der Waals surface area contributed by atoms with Crippen molar-refractivity contribution in [2.75, 3.05) is 9.80 Å². The van der Waals surface area contributed by atoms with E-state index in [2.05, 4.69) is 195 Å². The highest BCUT2D eigenvalue weighted by molar-refractivity contribution is 6.19. The minimum absolute atomic E-state index is 0.00274. The van der Waals surface area contributed by atoms with Gasteiger partial charge >= 0.3 is 0 Å². The summed E-state index contributed by atoms with van der Waals surface area (Å²) in [4.78, 5) is 5.50. The third-order valence-corrected chi connectivity index (χ3v) is 17.6. The van der Waals surface area contributed by atoms with Gasteiger partial charge in [-0.1, -0.05) is 161 Å². The van der Waals surface area contributed by atoms with E-state index in [1.807, 2.05) is 0 Å². The first kappa shape index (κ1) is 36.6. The molecule has 0 saturated heterocycles. The Labute approximate surface area is 366 Å². The number of rotatable bonds is 4. The lowest BCUT2D eigenvalue weighted by molar-refractivity contribution is 0.195. The second kappa shape index (κ2) is 12.5. The molecule has 0 amide bonds. The average Bonchev–Trinajstić information content (AvgIpc) is 3.96. The Bertz CT molecular complexity index is 3090. The molecule has 0 spiro atoms. The molecule has 0 N–H and O–H groups in total. The molecule has 2 fully saturated rings. The van der Waals surface area contributed by atoms with Gasteiger partial charge in [0.05, 0.1) is 22.2 Å². The zero-order valence-corrected chi connectivity index (χ0v) is 36.5. The van der Waals surface area contributed by atoms with E-state index < -0.39 is 5.41 Å². The van der Waals surface area contributed by atoms with Gasteiger partial charge in [0.2, 0.25) is 0 Å². The monoisotopic (exact) mass is 806 g/mol. The Morgan fingerprint density at radius 3 is 1.63 bits per heavy atom. The lowest BCUT2D eigenvalue weighted by Gasteiger charge is -2.50. The van der Waals surface area contributed by atoms with E-state index in [1.165, 1.54) is 117 Å². The molecule has 5 aliphatic rings. The fraction of sp³-hybridized carbons (Fsp3) is 0.288. The molecule has 306 valence electrons. The number of anilines is 4. The molecule has 3 heterocycles. The first-order chi connectivity index (χ1) is 30.2. The largest absolute Gasteiger partial charge is 0.454 e. The van der Waals surface area contributed by atoms with Crippen LogP contribution in [-0.2, 0) is 16.2 Å². The SMILES string of the molecule is CC12CCCCC1(C)N(c1ccc3c(c1)C(c1ccccc1)(c1ccccc1)c1cc(N4c5ccccc5C5(C)CCCCC45C)c4oc5ccccc5c4c1-3)c1ccccc12. The summed E-state index contributed by atoms with van der Waals surface area (Å²) in [7, 11) is 0. The third-order valence-electron chi connectivity index (χ3n) is 17.6. The summed E-state index contributed by atoms with van der Waals surface area (Å²) >= 11 is 0. The summed E-state index contributed by atoms with van der Waals surface area (Å²) in [5.74, 6) is 0. The highest BCUT2D eigenvalue weighted by Gasteiger charge is 2.60. The molecular weight excluding hydrogens is 753 g/mol. The van der Waals surface area contributed by atoms with Crippen LogP contribution in [0.2, 0.25) is 0 Å². The van der Waals surface area contributed by atoms with Crippen LogP contribution >= 0.6 is 0 Å². The molecule has 8 aromatic rings. The molecule has 13 rings (SSSR count). The van der Waals surface area contributed by atoms with Gasteiger partial charge in [-0.15, -0.1) is 0 Å². The minimum Gasteiger partial charge on any atom is -0.454 e. The summed E-state index contributed by atoms with van der Waals surface area (Å²) in [6.45, 7) is 10.2. The normalized spacial score (nSPS) is 26.5. The van der Waals surface area contributed by atoms with Crippen LogP contribution in [0.15, 0.2) is 162 Å². The Morgan fingerprint density at radius 1 is 0.452 bits per heavy atom. The lowest BCUT2D eigenvalue weighted by atomic mass is 9.61. The van der Waals surface area contributed by atoms with Crippen molar-refractivity contribution < 1.29 is 4.42 Å². The van der Waals surface area contributed by atoms with Gasteiger partial charge in [0, 0.05) is 38.7 Å². The maximum atomic E-state index is 7.27. The first-order valence-electron chi connectivity index (χ1n) is 23.3. The fourth-order valence-corrected chi connectivity index (χ4v) is 14.3. The van der Waals surface area contributed by atoms with E-state index >= 15 is 0 Å². The summed E-state index contributed by atoms with van der Waals surface area (Å²) in [6, 6.07) is 60.3. The molecular formula is C59H54N2O. The summed E-state index contributed by atoms with van der Waals surface area (Å²) in [6.07, 6.45) is 9.66. The van der Waals surface area contributed by atoms with Crippen LogP contribution in [0.25, 0.3) is 33.1 Å². The van der Waals surface area contributed by atoms with Crippen molar-refractivity contribution in [1.29, 1.82) is 0 Å². The average molecular weight is 807 g/mol. The number of hydrogen-bond acceptors (Lipinski definition) is 3.